The SMILES string of the molecule is Cc1ccc(O)c(Cn2c(NCCN3CCOCC3)nc3ccccc32)n1. The lowest BCUT2D eigenvalue weighted by Crippen LogP contribution is -2.39. The number of pyridine rings is 1. The van der Waals surface area contributed by atoms with Gasteiger partial charge < -0.3 is 19.7 Å². The van der Waals surface area contributed by atoms with Gasteiger partial charge in [-0.2, -0.15) is 0 Å². The molecule has 0 unspecified atom stereocenters. The second kappa shape index (κ2) is 7.94. The van der Waals surface area contributed by atoms with Gasteiger partial charge in [-0.3, -0.25) is 9.88 Å². The average molecular weight is 367 g/mol. The zero-order valence-corrected chi connectivity index (χ0v) is 15.6. The molecule has 1 aliphatic heterocycles. The van der Waals surface area contributed by atoms with Crippen LogP contribution in [0.5, 0.6) is 5.75 Å². The molecule has 0 spiro atoms. The molecule has 3 heterocycles. The molecule has 0 saturated carbocycles. The molecule has 1 aliphatic rings. The van der Waals surface area contributed by atoms with Crippen LogP contribution >= 0.6 is 0 Å². The van der Waals surface area contributed by atoms with Gasteiger partial charge in [0.1, 0.15) is 11.4 Å². The van der Waals surface area contributed by atoms with Gasteiger partial charge in [0.25, 0.3) is 0 Å². The number of morpholine rings is 1. The van der Waals surface area contributed by atoms with E-state index < -0.39 is 0 Å². The van der Waals surface area contributed by atoms with E-state index in [4.69, 9.17) is 9.72 Å². The quantitative estimate of drug-likeness (QED) is 0.696. The van der Waals surface area contributed by atoms with E-state index >= 15 is 0 Å². The number of hydrogen-bond acceptors (Lipinski definition) is 6. The monoisotopic (exact) mass is 367 g/mol. The lowest BCUT2D eigenvalue weighted by Gasteiger charge is -2.26. The van der Waals surface area contributed by atoms with Crippen LogP contribution in [0.1, 0.15) is 11.4 Å². The lowest BCUT2D eigenvalue weighted by atomic mass is 10.2. The van der Waals surface area contributed by atoms with Crippen LogP contribution in [0.3, 0.4) is 0 Å². The van der Waals surface area contributed by atoms with Crippen molar-refractivity contribution in [3.05, 3.63) is 47.8 Å². The summed E-state index contributed by atoms with van der Waals surface area (Å²) in [7, 11) is 0. The van der Waals surface area contributed by atoms with Crippen molar-refractivity contribution in [2.24, 2.45) is 0 Å². The number of aryl methyl sites for hydroxylation is 1. The minimum atomic E-state index is 0.206. The molecule has 0 amide bonds. The molecule has 0 bridgehead atoms. The molecule has 27 heavy (non-hydrogen) atoms. The number of benzene rings is 1. The molecular weight excluding hydrogens is 342 g/mol. The van der Waals surface area contributed by atoms with Crippen LogP contribution in [0, 0.1) is 6.92 Å². The van der Waals surface area contributed by atoms with Crippen LogP contribution in [0.25, 0.3) is 11.0 Å². The molecule has 142 valence electrons. The lowest BCUT2D eigenvalue weighted by molar-refractivity contribution is 0.0398. The number of anilines is 1. The molecule has 2 aromatic heterocycles. The Kier molecular flexibility index (Phi) is 5.22. The molecule has 7 heteroatoms. The van der Waals surface area contributed by atoms with Crippen LogP contribution < -0.4 is 5.32 Å². The number of nitrogens with zero attached hydrogens (tertiary/aromatic N) is 4. The van der Waals surface area contributed by atoms with Gasteiger partial charge >= 0.3 is 0 Å². The van der Waals surface area contributed by atoms with Crippen molar-refractivity contribution in [3.8, 4) is 5.75 Å². The fourth-order valence-corrected chi connectivity index (χ4v) is 3.39. The fourth-order valence-electron chi connectivity index (χ4n) is 3.39. The molecular formula is C20H25N5O2. The Bertz CT molecular complexity index is 918. The van der Waals surface area contributed by atoms with Crippen molar-refractivity contribution in [3.63, 3.8) is 0 Å². The summed E-state index contributed by atoms with van der Waals surface area (Å²) in [6, 6.07) is 11.5. The van der Waals surface area contributed by atoms with Crippen LogP contribution in [0.4, 0.5) is 5.95 Å². The Morgan fingerprint density at radius 2 is 1.93 bits per heavy atom. The molecule has 0 atom stereocenters. The number of aromatic hydroxyl groups is 1. The molecule has 2 N–H and O–H groups in total. The number of imidazole rings is 1. The van der Waals surface area contributed by atoms with Crippen molar-refractivity contribution in [1.29, 1.82) is 0 Å². The maximum atomic E-state index is 10.2. The molecule has 4 rings (SSSR count). The van der Waals surface area contributed by atoms with E-state index in [1.165, 1.54) is 0 Å². The zero-order chi connectivity index (χ0) is 18.6. The van der Waals surface area contributed by atoms with Crippen LogP contribution in [-0.2, 0) is 11.3 Å². The molecule has 0 aliphatic carbocycles. The standard InChI is InChI=1S/C20H25N5O2/c1-15-6-7-19(26)17(22-15)14-25-18-5-3-2-4-16(18)23-20(25)21-8-9-24-10-12-27-13-11-24/h2-7,26H,8-14H2,1H3,(H,21,23). The number of nitrogens with one attached hydrogen (secondary N) is 1. The highest BCUT2D eigenvalue weighted by Gasteiger charge is 2.14. The predicted molar refractivity (Wildman–Crippen MR) is 105 cm³/mol. The first-order valence-electron chi connectivity index (χ1n) is 9.35. The van der Waals surface area contributed by atoms with Gasteiger partial charge in [-0.05, 0) is 31.2 Å². The first-order valence-corrected chi connectivity index (χ1v) is 9.35. The van der Waals surface area contributed by atoms with Crippen LogP contribution in [-0.4, -0.2) is 63.9 Å². The van der Waals surface area contributed by atoms with Crippen LogP contribution in [0.15, 0.2) is 36.4 Å². The van der Waals surface area contributed by atoms with Crippen LogP contribution in [0.2, 0.25) is 0 Å². The van der Waals surface area contributed by atoms with E-state index in [9.17, 15) is 5.11 Å². The molecule has 7 nitrogen and oxygen atoms in total. The third-order valence-corrected chi connectivity index (χ3v) is 4.87. The zero-order valence-electron chi connectivity index (χ0n) is 15.6. The predicted octanol–water partition coefficient (Wildman–Crippen LogP) is 2.24. The van der Waals surface area contributed by atoms with E-state index in [1.54, 1.807) is 6.07 Å². The minimum absolute atomic E-state index is 0.206. The van der Waals surface area contributed by atoms with E-state index in [0.717, 1.165) is 62.1 Å². The summed E-state index contributed by atoms with van der Waals surface area (Å²) in [5, 5.41) is 13.7. The summed E-state index contributed by atoms with van der Waals surface area (Å²) in [6.45, 7) is 7.69. The van der Waals surface area contributed by atoms with Gasteiger partial charge in [0.2, 0.25) is 5.95 Å². The van der Waals surface area contributed by atoms with E-state index in [-0.39, 0.29) is 5.75 Å². The summed E-state index contributed by atoms with van der Waals surface area (Å²) >= 11 is 0. The van der Waals surface area contributed by atoms with Gasteiger partial charge in [-0.25, -0.2) is 4.98 Å². The summed E-state index contributed by atoms with van der Waals surface area (Å²) in [4.78, 5) is 11.6. The Hall–Kier alpha value is -2.64. The number of aromatic nitrogens is 3. The van der Waals surface area contributed by atoms with Crippen molar-refractivity contribution >= 4 is 17.0 Å². The van der Waals surface area contributed by atoms with Crippen molar-refractivity contribution < 1.29 is 9.84 Å². The largest absolute Gasteiger partial charge is 0.506 e. The van der Waals surface area contributed by atoms with Gasteiger partial charge in [0, 0.05) is 31.9 Å². The average Bonchev–Trinajstić information content (AvgIpc) is 3.03. The normalized spacial score (nSPS) is 15.3. The number of rotatable bonds is 6. The minimum Gasteiger partial charge on any atom is -0.506 e. The van der Waals surface area contributed by atoms with Gasteiger partial charge in [0.15, 0.2) is 0 Å². The van der Waals surface area contributed by atoms with Gasteiger partial charge in [-0.1, -0.05) is 12.1 Å². The topological polar surface area (TPSA) is 75.4 Å². The number of hydrogen-bond donors (Lipinski definition) is 2. The molecule has 1 saturated heterocycles. The molecule has 0 radical (unpaired) electrons. The Labute approximate surface area is 158 Å². The number of para-hydroxylation sites is 2. The maximum absolute atomic E-state index is 10.2. The third-order valence-electron chi connectivity index (χ3n) is 4.87. The van der Waals surface area contributed by atoms with Crippen molar-refractivity contribution in [2.75, 3.05) is 44.7 Å². The van der Waals surface area contributed by atoms with Crippen molar-refractivity contribution in [2.45, 2.75) is 13.5 Å². The third kappa shape index (κ3) is 4.04. The Morgan fingerprint density at radius 3 is 2.78 bits per heavy atom. The van der Waals surface area contributed by atoms with E-state index in [2.05, 4.69) is 19.8 Å². The summed E-state index contributed by atoms with van der Waals surface area (Å²) in [6.07, 6.45) is 0. The fraction of sp³-hybridized carbons (Fsp3) is 0.400. The highest BCUT2D eigenvalue weighted by atomic mass is 16.5. The number of ether oxygens (including phenoxy) is 1. The van der Waals surface area contributed by atoms with E-state index in [0.29, 0.717) is 12.2 Å². The first kappa shape index (κ1) is 17.8. The van der Waals surface area contributed by atoms with E-state index in [1.807, 2.05) is 37.3 Å². The molecule has 1 fully saturated rings. The smallest absolute Gasteiger partial charge is 0.204 e. The highest BCUT2D eigenvalue weighted by molar-refractivity contribution is 5.78. The second-order valence-electron chi connectivity index (χ2n) is 6.81. The van der Waals surface area contributed by atoms with Gasteiger partial charge in [0.05, 0.1) is 30.8 Å². The Balaban J connectivity index is 1.56. The summed E-state index contributed by atoms with van der Waals surface area (Å²) in [5.41, 5.74) is 3.48. The van der Waals surface area contributed by atoms with Gasteiger partial charge in [-0.15, -0.1) is 0 Å². The Morgan fingerprint density at radius 1 is 1.11 bits per heavy atom. The number of fused-ring (bicyclic) bond motifs is 1. The molecule has 1 aromatic carbocycles. The van der Waals surface area contributed by atoms with Crippen molar-refractivity contribution in [1.82, 2.24) is 19.4 Å². The highest BCUT2D eigenvalue weighted by Crippen LogP contribution is 2.23. The second-order valence-corrected chi connectivity index (χ2v) is 6.81. The first-order chi connectivity index (χ1) is 13.2. The summed E-state index contributed by atoms with van der Waals surface area (Å²) in [5.74, 6) is 1.00. The summed E-state index contributed by atoms with van der Waals surface area (Å²) < 4.78 is 7.48. The maximum Gasteiger partial charge on any atom is 0.204 e. The molecule has 3 aromatic rings.